The van der Waals surface area contributed by atoms with Crippen LogP contribution in [0.25, 0.3) is 10.9 Å². The molecular weight excluding hydrogens is 370 g/mol. The average Bonchev–Trinajstić information content (AvgIpc) is 2.67. The normalized spacial score (nSPS) is 10.9. The molecule has 0 aliphatic carbocycles. The zero-order chi connectivity index (χ0) is 19.5. The number of hydrogen-bond donors (Lipinski definition) is 2. The minimum absolute atomic E-state index is 0.184. The van der Waals surface area contributed by atoms with Crippen LogP contribution in [0.15, 0.2) is 53.6 Å². The molecule has 28 heavy (non-hydrogen) atoms. The maximum absolute atomic E-state index is 5.88. The van der Waals surface area contributed by atoms with Crippen molar-refractivity contribution in [1.82, 2.24) is 24.9 Å². The molecule has 0 bridgehead atoms. The Bertz CT molecular complexity index is 1130. The van der Waals surface area contributed by atoms with Crippen molar-refractivity contribution in [1.29, 1.82) is 0 Å². The fourth-order valence-electron chi connectivity index (χ4n) is 2.73. The van der Waals surface area contributed by atoms with E-state index in [-0.39, 0.29) is 5.95 Å². The molecular formula is C20H19N7S. The van der Waals surface area contributed by atoms with Crippen molar-refractivity contribution in [2.45, 2.75) is 24.6 Å². The van der Waals surface area contributed by atoms with Gasteiger partial charge in [-0.05, 0) is 32.0 Å². The van der Waals surface area contributed by atoms with Crippen molar-refractivity contribution in [2.24, 2.45) is 0 Å². The molecule has 3 N–H and O–H groups in total. The van der Waals surface area contributed by atoms with Gasteiger partial charge in [0.15, 0.2) is 0 Å². The highest BCUT2D eigenvalue weighted by molar-refractivity contribution is 7.98. The fourth-order valence-corrected chi connectivity index (χ4v) is 3.65. The van der Waals surface area contributed by atoms with Crippen LogP contribution in [0, 0.1) is 13.8 Å². The minimum atomic E-state index is 0.184. The van der Waals surface area contributed by atoms with E-state index in [0.717, 1.165) is 27.4 Å². The van der Waals surface area contributed by atoms with Gasteiger partial charge < -0.3 is 11.1 Å². The summed E-state index contributed by atoms with van der Waals surface area (Å²) in [6.45, 7) is 3.93. The first-order valence-electron chi connectivity index (χ1n) is 8.77. The summed E-state index contributed by atoms with van der Waals surface area (Å²) in [5, 5.41) is 5.08. The standard InChI is InChI=1S/C20H19N7S/c1-12-7-9-14(10-8-12)24-20-26-17(25-19(21)27-20)11-28-18-15-5-3-4-6-16(15)22-13(2)23-18/h3-10H,11H2,1-2H3,(H3,21,24,25,26,27). The van der Waals surface area contributed by atoms with Gasteiger partial charge in [0.2, 0.25) is 11.9 Å². The summed E-state index contributed by atoms with van der Waals surface area (Å²) >= 11 is 1.56. The number of thioether (sulfide) groups is 1. The van der Waals surface area contributed by atoms with E-state index in [1.807, 2.05) is 62.4 Å². The number of nitrogens with one attached hydrogen (secondary N) is 1. The highest BCUT2D eigenvalue weighted by atomic mass is 32.2. The van der Waals surface area contributed by atoms with Crippen molar-refractivity contribution in [3.63, 3.8) is 0 Å². The summed E-state index contributed by atoms with van der Waals surface area (Å²) in [6, 6.07) is 15.9. The Kier molecular flexibility index (Phi) is 5.03. The molecule has 0 spiro atoms. The van der Waals surface area contributed by atoms with Gasteiger partial charge in [-0.25, -0.2) is 9.97 Å². The monoisotopic (exact) mass is 389 g/mol. The molecule has 0 aliphatic heterocycles. The van der Waals surface area contributed by atoms with Crippen LogP contribution in [0.4, 0.5) is 17.6 Å². The van der Waals surface area contributed by atoms with Gasteiger partial charge in [0.1, 0.15) is 16.7 Å². The van der Waals surface area contributed by atoms with Crippen LogP contribution in [-0.2, 0) is 5.75 Å². The zero-order valence-electron chi connectivity index (χ0n) is 15.5. The molecule has 0 unspecified atom stereocenters. The summed E-state index contributed by atoms with van der Waals surface area (Å²) in [5.41, 5.74) is 8.89. The summed E-state index contributed by atoms with van der Waals surface area (Å²) < 4.78 is 0. The summed E-state index contributed by atoms with van der Waals surface area (Å²) in [4.78, 5) is 22.0. The fraction of sp³-hybridized carbons (Fsp3) is 0.150. The first kappa shape index (κ1) is 18.1. The van der Waals surface area contributed by atoms with Crippen molar-refractivity contribution in [2.75, 3.05) is 11.1 Å². The number of rotatable bonds is 5. The lowest BCUT2D eigenvalue weighted by Crippen LogP contribution is -2.06. The molecule has 4 aromatic rings. The summed E-state index contributed by atoms with van der Waals surface area (Å²) in [6.07, 6.45) is 0. The minimum Gasteiger partial charge on any atom is -0.368 e. The number of aromatic nitrogens is 5. The highest BCUT2D eigenvalue weighted by Gasteiger charge is 2.10. The Morgan fingerprint density at radius 2 is 1.68 bits per heavy atom. The van der Waals surface area contributed by atoms with Gasteiger partial charge in [-0.3, -0.25) is 0 Å². The quantitative estimate of drug-likeness (QED) is 0.389. The predicted octanol–water partition coefficient (Wildman–Crippen LogP) is 4.05. The number of hydrogen-bond acceptors (Lipinski definition) is 8. The number of nitrogens with zero attached hydrogens (tertiary/aromatic N) is 5. The Morgan fingerprint density at radius 1 is 0.893 bits per heavy atom. The third-order valence-corrected chi connectivity index (χ3v) is 5.01. The summed E-state index contributed by atoms with van der Waals surface area (Å²) in [5.74, 6) is 2.46. The molecule has 2 aromatic carbocycles. The zero-order valence-corrected chi connectivity index (χ0v) is 16.4. The van der Waals surface area contributed by atoms with E-state index in [9.17, 15) is 0 Å². The lowest BCUT2D eigenvalue weighted by atomic mass is 10.2. The van der Waals surface area contributed by atoms with Gasteiger partial charge in [0, 0.05) is 11.1 Å². The molecule has 0 saturated heterocycles. The van der Waals surface area contributed by atoms with Crippen LogP contribution < -0.4 is 11.1 Å². The smallest absolute Gasteiger partial charge is 0.232 e. The van der Waals surface area contributed by atoms with Crippen molar-refractivity contribution < 1.29 is 0 Å². The number of para-hydroxylation sites is 1. The maximum atomic E-state index is 5.88. The second-order valence-corrected chi connectivity index (χ2v) is 7.27. The van der Waals surface area contributed by atoms with Crippen LogP contribution in [0.2, 0.25) is 0 Å². The third-order valence-electron chi connectivity index (χ3n) is 4.02. The van der Waals surface area contributed by atoms with Gasteiger partial charge >= 0.3 is 0 Å². The van der Waals surface area contributed by atoms with Gasteiger partial charge in [-0.2, -0.15) is 15.0 Å². The molecule has 0 saturated carbocycles. The summed E-state index contributed by atoms with van der Waals surface area (Å²) in [7, 11) is 0. The first-order valence-corrected chi connectivity index (χ1v) is 9.76. The van der Waals surface area contributed by atoms with E-state index in [2.05, 4.69) is 30.2 Å². The molecule has 0 atom stereocenters. The lowest BCUT2D eigenvalue weighted by Gasteiger charge is -2.09. The number of nitrogens with two attached hydrogens (primary N) is 1. The number of benzene rings is 2. The van der Waals surface area contributed by atoms with Gasteiger partial charge in [0.25, 0.3) is 0 Å². The highest BCUT2D eigenvalue weighted by Crippen LogP contribution is 2.27. The number of fused-ring (bicyclic) bond motifs is 1. The number of nitrogen functional groups attached to an aromatic ring is 1. The van der Waals surface area contributed by atoms with Crippen molar-refractivity contribution >= 4 is 40.2 Å². The molecule has 0 amide bonds. The Balaban J connectivity index is 1.56. The Labute approximate surface area is 166 Å². The molecule has 140 valence electrons. The molecule has 0 fully saturated rings. The van der Waals surface area contributed by atoms with Crippen LogP contribution >= 0.6 is 11.8 Å². The predicted molar refractivity (Wildman–Crippen MR) is 113 cm³/mol. The van der Waals surface area contributed by atoms with E-state index in [0.29, 0.717) is 17.5 Å². The largest absolute Gasteiger partial charge is 0.368 e. The van der Waals surface area contributed by atoms with Gasteiger partial charge in [-0.15, -0.1) is 0 Å². The SMILES string of the molecule is Cc1ccc(Nc2nc(N)nc(CSc3nc(C)nc4ccccc34)n2)cc1. The van der Waals surface area contributed by atoms with Crippen LogP contribution in [0.1, 0.15) is 17.2 Å². The van der Waals surface area contributed by atoms with E-state index < -0.39 is 0 Å². The lowest BCUT2D eigenvalue weighted by molar-refractivity contribution is 0.974. The van der Waals surface area contributed by atoms with Crippen LogP contribution in [-0.4, -0.2) is 24.9 Å². The van der Waals surface area contributed by atoms with Crippen molar-refractivity contribution in [3.05, 3.63) is 65.7 Å². The molecule has 0 radical (unpaired) electrons. The molecule has 8 heteroatoms. The maximum Gasteiger partial charge on any atom is 0.232 e. The van der Waals surface area contributed by atoms with E-state index >= 15 is 0 Å². The molecule has 7 nitrogen and oxygen atoms in total. The molecule has 2 aromatic heterocycles. The van der Waals surface area contributed by atoms with E-state index in [4.69, 9.17) is 5.73 Å². The second kappa shape index (κ2) is 7.77. The average molecular weight is 389 g/mol. The van der Waals surface area contributed by atoms with Crippen LogP contribution in [0.5, 0.6) is 0 Å². The Morgan fingerprint density at radius 3 is 2.50 bits per heavy atom. The number of aryl methyl sites for hydroxylation is 2. The van der Waals surface area contributed by atoms with Gasteiger partial charge in [0.05, 0.1) is 11.3 Å². The van der Waals surface area contributed by atoms with E-state index in [1.165, 1.54) is 5.56 Å². The molecule has 4 rings (SSSR count). The topological polar surface area (TPSA) is 102 Å². The van der Waals surface area contributed by atoms with Gasteiger partial charge in [-0.1, -0.05) is 47.7 Å². The first-order chi connectivity index (χ1) is 13.6. The van der Waals surface area contributed by atoms with E-state index in [1.54, 1.807) is 11.8 Å². The van der Waals surface area contributed by atoms with Crippen molar-refractivity contribution in [3.8, 4) is 0 Å². The second-order valence-electron chi connectivity index (χ2n) is 6.31. The molecule has 0 aliphatic rings. The molecule has 2 heterocycles. The number of anilines is 3. The third kappa shape index (κ3) is 4.17. The van der Waals surface area contributed by atoms with Crippen LogP contribution in [0.3, 0.4) is 0 Å². The Hall–Kier alpha value is -3.26.